The van der Waals surface area contributed by atoms with Gasteiger partial charge in [-0.3, -0.25) is 4.79 Å². The van der Waals surface area contributed by atoms with Crippen LogP contribution < -0.4 is 0 Å². The Morgan fingerprint density at radius 2 is 2.00 bits per heavy atom. The zero-order chi connectivity index (χ0) is 19.5. The number of hydrogen-bond donors (Lipinski definition) is 0. The highest BCUT2D eigenvalue weighted by Crippen LogP contribution is 2.40. The normalized spacial score (nSPS) is 25.7. The highest BCUT2D eigenvalue weighted by molar-refractivity contribution is 5.93. The average molecular weight is 360 g/mol. The number of rotatable bonds is 5. The van der Waals surface area contributed by atoms with Gasteiger partial charge >= 0.3 is 11.9 Å². The SMILES string of the molecule is COC(=O)C(/C=C/[C@H]1C(C)=CC(=O)CC1(C)C)=C/O[C@H]1C=C(C)C(=O)O1. The first-order valence-corrected chi connectivity index (χ1v) is 8.36. The summed E-state index contributed by atoms with van der Waals surface area (Å²) in [5.74, 6) is -0.917. The Morgan fingerprint density at radius 3 is 2.54 bits per heavy atom. The molecular formula is C20H24O6. The van der Waals surface area contributed by atoms with Crippen molar-refractivity contribution in [2.75, 3.05) is 7.11 Å². The third-order valence-corrected chi connectivity index (χ3v) is 4.50. The number of methoxy groups -OCH3 is 1. The maximum atomic E-state index is 12.0. The maximum absolute atomic E-state index is 12.0. The van der Waals surface area contributed by atoms with Crippen molar-refractivity contribution in [3.63, 3.8) is 0 Å². The molecule has 0 bridgehead atoms. The lowest BCUT2D eigenvalue weighted by Gasteiger charge is -2.35. The van der Waals surface area contributed by atoms with Gasteiger partial charge in [0.2, 0.25) is 0 Å². The van der Waals surface area contributed by atoms with Crippen LogP contribution in [-0.4, -0.2) is 31.1 Å². The molecule has 0 radical (unpaired) electrons. The molecule has 2 aliphatic rings. The third-order valence-electron chi connectivity index (χ3n) is 4.50. The van der Waals surface area contributed by atoms with Gasteiger partial charge in [-0.15, -0.1) is 0 Å². The van der Waals surface area contributed by atoms with Crippen LogP contribution in [0, 0.1) is 11.3 Å². The van der Waals surface area contributed by atoms with Crippen LogP contribution in [0.5, 0.6) is 0 Å². The summed E-state index contributed by atoms with van der Waals surface area (Å²) in [7, 11) is 1.28. The second kappa shape index (κ2) is 7.72. The van der Waals surface area contributed by atoms with Crippen LogP contribution in [-0.2, 0) is 28.6 Å². The van der Waals surface area contributed by atoms with Crippen LogP contribution in [0.2, 0.25) is 0 Å². The minimum Gasteiger partial charge on any atom is -0.465 e. The molecule has 0 N–H and O–H groups in total. The quantitative estimate of drug-likeness (QED) is 0.325. The first-order chi connectivity index (χ1) is 12.1. The van der Waals surface area contributed by atoms with E-state index in [0.717, 1.165) is 5.57 Å². The fourth-order valence-corrected chi connectivity index (χ4v) is 3.17. The fourth-order valence-electron chi connectivity index (χ4n) is 3.17. The smallest absolute Gasteiger partial charge is 0.340 e. The van der Waals surface area contributed by atoms with Gasteiger partial charge in [-0.1, -0.05) is 25.5 Å². The molecule has 0 aromatic carbocycles. The Kier molecular flexibility index (Phi) is 5.85. The van der Waals surface area contributed by atoms with Crippen LogP contribution >= 0.6 is 0 Å². The summed E-state index contributed by atoms with van der Waals surface area (Å²) in [4.78, 5) is 35.1. The van der Waals surface area contributed by atoms with Gasteiger partial charge < -0.3 is 14.2 Å². The molecule has 140 valence electrons. The van der Waals surface area contributed by atoms with Crippen LogP contribution in [0.1, 0.15) is 34.1 Å². The summed E-state index contributed by atoms with van der Waals surface area (Å²) in [5, 5.41) is 0. The minimum atomic E-state index is -0.860. The first kappa shape index (κ1) is 19.7. The van der Waals surface area contributed by atoms with E-state index in [1.807, 2.05) is 26.8 Å². The predicted molar refractivity (Wildman–Crippen MR) is 94.6 cm³/mol. The molecular weight excluding hydrogens is 336 g/mol. The van der Waals surface area contributed by atoms with Gasteiger partial charge in [-0.05, 0) is 31.4 Å². The van der Waals surface area contributed by atoms with Gasteiger partial charge in [-0.2, -0.15) is 0 Å². The van der Waals surface area contributed by atoms with E-state index in [9.17, 15) is 14.4 Å². The standard InChI is InChI=1S/C20H24O6/c1-12-8-15(21)10-20(3,4)16(12)7-6-14(19(23)24-5)11-25-17-9-13(2)18(22)26-17/h6-9,11,16-17H,10H2,1-5H3/b7-6+,14-11+/t16-,17+/m0/s1. The van der Waals surface area contributed by atoms with Gasteiger partial charge in [0.15, 0.2) is 5.78 Å². The van der Waals surface area contributed by atoms with E-state index in [2.05, 4.69) is 0 Å². The molecule has 6 nitrogen and oxygen atoms in total. The van der Waals surface area contributed by atoms with E-state index < -0.39 is 18.2 Å². The monoisotopic (exact) mass is 360 g/mol. The van der Waals surface area contributed by atoms with Crippen LogP contribution in [0.3, 0.4) is 0 Å². The van der Waals surface area contributed by atoms with Gasteiger partial charge in [0.25, 0.3) is 6.29 Å². The van der Waals surface area contributed by atoms with Gasteiger partial charge in [0, 0.05) is 24.0 Å². The second-order valence-corrected chi connectivity index (χ2v) is 7.18. The molecule has 0 amide bonds. The van der Waals surface area contributed by atoms with Crippen molar-refractivity contribution in [3.05, 3.63) is 47.3 Å². The van der Waals surface area contributed by atoms with Gasteiger partial charge in [-0.25, -0.2) is 9.59 Å². The number of carbonyl (C=O) groups is 3. The third kappa shape index (κ3) is 4.50. The largest absolute Gasteiger partial charge is 0.465 e. The Morgan fingerprint density at radius 1 is 1.31 bits per heavy atom. The summed E-state index contributed by atoms with van der Waals surface area (Å²) >= 11 is 0. The van der Waals surface area contributed by atoms with Crippen molar-refractivity contribution >= 4 is 17.7 Å². The van der Waals surface area contributed by atoms with Gasteiger partial charge in [0.1, 0.15) is 6.26 Å². The molecule has 0 aromatic rings. The lowest BCUT2D eigenvalue weighted by molar-refractivity contribution is -0.152. The van der Waals surface area contributed by atoms with Crippen molar-refractivity contribution in [3.8, 4) is 0 Å². The molecule has 26 heavy (non-hydrogen) atoms. The summed E-state index contributed by atoms with van der Waals surface area (Å²) < 4.78 is 15.1. The summed E-state index contributed by atoms with van der Waals surface area (Å²) in [6, 6.07) is 0. The Hall–Kier alpha value is -2.63. The van der Waals surface area contributed by atoms with E-state index in [1.165, 1.54) is 19.4 Å². The highest BCUT2D eigenvalue weighted by atomic mass is 16.7. The van der Waals surface area contributed by atoms with E-state index >= 15 is 0 Å². The summed E-state index contributed by atoms with van der Waals surface area (Å²) in [6.07, 6.45) is 7.44. The molecule has 0 spiro atoms. The van der Waals surface area contributed by atoms with E-state index in [0.29, 0.717) is 12.0 Å². The number of cyclic esters (lactones) is 1. The average Bonchev–Trinajstić information content (AvgIpc) is 2.86. The predicted octanol–water partition coefficient (Wildman–Crippen LogP) is 3.01. The molecule has 1 heterocycles. The fraction of sp³-hybridized carbons (Fsp3) is 0.450. The van der Waals surface area contributed by atoms with Crippen molar-refractivity contribution in [2.45, 2.75) is 40.4 Å². The first-order valence-electron chi connectivity index (χ1n) is 8.36. The zero-order valence-electron chi connectivity index (χ0n) is 15.7. The number of allylic oxidation sites excluding steroid dienone is 3. The van der Waals surface area contributed by atoms with Crippen LogP contribution in [0.4, 0.5) is 0 Å². The highest BCUT2D eigenvalue weighted by Gasteiger charge is 2.34. The van der Waals surface area contributed by atoms with Crippen molar-refractivity contribution < 1.29 is 28.6 Å². The second-order valence-electron chi connectivity index (χ2n) is 7.18. The van der Waals surface area contributed by atoms with Crippen LogP contribution in [0.15, 0.2) is 47.3 Å². The van der Waals surface area contributed by atoms with Crippen LogP contribution in [0.25, 0.3) is 0 Å². The van der Waals surface area contributed by atoms with E-state index in [1.54, 1.807) is 19.1 Å². The number of carbonyl (C=O) groups excluding carboxylic acids is 3. The molecule has 0 aromatic heterocycles. The molecule has 0 unspecified atom stereocenters. The van der Waals surface area contributed by atoms with Crippen molar-refractivity contribution in [1.82, 2.24) is 0 Å². The molecule has 6 heteroatoms. The number of ether oxygens (including phenoxy) is 3. The molecule has 2 atom stereocenters. The molecule has 2 rings (SSSR count). The zero-order valence-corrected chi connectivity index (χ0v) is 15.7. The molecule has 1 aliphatic carbocycles. The summed E-state index contributed by atoms with van der Waals surface area (Å²) in [5.41, 5.74) is 1.32. The lowest BCUT2D eigenvalue weighted by Crippen LogP contribution is -2.30. The molecule has 0 fully saturated rings. The minimum absolute atomic E-state index is 0.000273. The molecule has 1 aliphatic heterocycles. The topological polar surface area (TPSA) is 78.9 Å². The van der Waals surface area contributed by atoms with Crippen molar-refractivity contribution in [2.24, 2.45) is 11.3 Å². The number of esters is 2. The van der Waals surface area contributed by atoms with E-state index in [-0.39, 0.29) is 22.7 Å². The lowest BCUT2D eigenvalue weighted by atomic mass is 9.68. The maximum Gasteiger partial charge on any atom is 0.340 e. The van der Waals surface area contributed by atoms with Gasteiger partial charge in [0.05, 0.1) is 12.7 Å². The number of hydrogen-bond acceptors (Lipinski definition) is 6. The molecule has 0 saturated carbocycles. The molecule has 0 saturated heterocycles. The van der Waals surface area contributed by atoms with E-state index in [4.69, 9.17) is 14.2 Å². The Labute approximate surface area is 153 Å². The van der Waals surface area contributed by atoms with Crippen molar-refractivity contribution in [1.29, 1.82) is 0 Å². The Bertz CT molecular complexity index is 735. The number of ketones is 1. The summed E-state index contributed by atoms with van der Waals surface area (Å²) in [6.45, 7) is 7.55. The Balaban J connectivity index is 2.20.